The van der Waals surface area contributed by atoms with Crippen LogP contribution in [0.2, 0.25) is 0 Å². The molecule has 10 rings (SSSR count). The number of piperazine rings is 1. The number of benzene rings is 6. The number of amides is 2. The molecule has 19 heteroatoms. The first-order valence-electron chi connectivity index (χ1n) is 23.4. The lowest BCUT2D eigenvalue weighted by Gasteiger charge is -2.39. The van der Waals surface area contributed by atoms with Crippen molar-refractivity contribution in [2.75, 3.05) is 48.8 Å². The molecule has 17 nitrogen and oxygen atoms in total. The summed E-state index contributed by atoms with van der Waals surface area (Å²) >= 11 is 0. The predicted molar refractivity (Wildman–Crippen MR) is 285 cm³/mol. The number of nitrogens with one attached hydrogen (secondary N) is 2. The monoisotopic (exact) mass is 1030 g/mol. The number of nitrogens with zero attached hydrogens (tertiary/aromatic N) is 7. The van der Waals surface area contributed by atoms with Gasteiger partial charge in [-0.1, -0.05) is 84.9 Å². The Labute approximate surface area is 428 Å². The van der Waals surface area contributed by atoms with Gasteiger partial charge in [-0.25, -0.2) is 13.4 Å². The smallest absolute Gasteiger partial charge is 0.339 e. The van der Waals surface area contributed by atoms with Crippen molar-refractivity contribution in [1.29, 1.82) is 0 Å². The maximum atomic E-state index is 14.3. The number of sulfonamides is 1. The molecule has 374 valence electrons. The minimum Gasteiger partial charge on any atom is -0.379 e. The molecular weight excluding hydrogens is 977 g/mol. The number of pyridine rings is 2. The van der Waals surface area contributed by atoms with Crippen LogP contribution in [0.4, 0.5) is 28.8 Å². The molecule has 1 atom stereocenters. The SMILES string of the molecule is CN([C@@H](Cc1ccc(OS(=O)(=O)c2cccc3cnccc23)cc1)C(=O)N1CCN(c2ccccc2)CC1)S(=O)(=O)c1cccc2cnccc12.NC(=O)c1ccccc1Nc1ccnc(Nc2ccccc2)n1. The molecule has 2 amide bonds. The van der Waals surface area contributed by atoms with Crippen molar-refractivity contribution in [3.05, 3.63) is 206 Å². The minimum absolute atomic E-state index is 0.0144. The zero-order chi connectivity index (χ0) is 51.7. The number of nitrogens with two attached hydrogens (primary N) is 1. The highest BCUT2D eigenvalue weighted by Crippen LogP contribution is 2.30. The first kappa shape index (κ1) is 50.2. The Balaban J connectivity index is 0.000000243. The summed E-state index contributed by atoms with van der Waals surface area (Å²) in [5.41, 5.74) is 8.96. The van der Waals surface area contributed by atoms with Gasteiger partial charge in [0.25, 0.3) is 5.91 Å². The highest BCUT2D eigenvalue weighted by atomic mass is 32.2. The molecule has 3 aromatic heterocycles. The topological polar surface area (TPSA) is 223 Å². The summed E-state index contributed by atoms with van der Waals surface area (Å²) in [6.07, 6.45) is 7.92. The maximum Gasteiger partial charge on any atom is 0.339 e. The molecule has 4 N–H and O–H groups in total. The van der Waals surface area contributed by atoms with E-state index in [9.17, 15) is 26.4 Å². The molecule has 1 aliphatic rings. The number of anilines is 5. The number of primary amides is 1. The van der Waals surface area contributed by atoms with Crippen molar-refractivity contribution in [3.8, 4) is 5.75 Å². The van der Waals surface area contributed by atoms with E-state index in [2.05, 4.69) is 35.5 Å². The molecule has 0 radical (unpaired) electrons. The van der Waals surface area contributed by atoms with Crippen LogP contribution in [0.25, 0.3) is 21.5 Å². The zero-order valence-electron chi connectivity index (χ0n) is 40.0. The second-order valence-electron chi connectivity index (χ2n) is 17.1. The van der Waals surface area contributed by atoms with Gasteiger partial charge in [-0.15, -0.1) is 0 Å². The van der Waals surface area contributed by atoms with Crippen molar-refractivity contribution in [2.24, 2.45) is 5.73 Å². The molecule has 74 heavy (non-hydrogen) atoms. The Morgan fingerprint density at radius 2 is 1.27 bits per heavy atom. The lowest BCUT2D eigenvalue weighted by molar-refractivity contribution is -0.135. The van der Waals surface area contributed by atoms with Crippen LogP contribution in [0.3, 0.4) is 0 Å². The minimum atomic E-state index is -4.19. The van der Waals surface area contributed by atoms with Crippen LogP contribution in [-0.4, -0.2) is 97.1 Å². The van der Waals surface area contributed by atoms with E-state index in [0.717, 1.165) is 15.7 Å². The highest BCUT2D eigenvalue weighted by Gasteiger charge is 2.37. The fourth-order valence-electron chi connectivity index (χ4n) is 8.52. The van der Waals surface area contributed by atoms with Gasteiger partial charge in [-0.3, -0.25) is 19.6 Å². The molecule has 0 aliphatic carbocycles. The van der Waals surface area contributed by atoms with Gasteiger partial charge in [-0.2, -0.15) is 17.7 Å². The third-order valence-corrected chi connectivity index (χ3v) is 15.6. The fraction of sp³-hybridized carbons (Fsp3) is 0.127. The number of para-hydroxylation sites is 3. The Morgan fingerprint density at radius 3 is 1.93 bits per heavy atom. The average molecular weight is 1030 g/mol. The van der Waals surface area contributed by atoms with E-state index >= 15 is 0 Å². The van der Waals surface area contributed by atoms with Gasteiger partial charge in [0.15, 0.2) is 0 Å². The summed E-state index contributed by atoms with van der Waals surface area (Å²) in [7, 11) is -6.93. The molecule has 1 saturated heterocycles. The Kier molecular flexibility index (Phi) is 15.1. The van der Waals surface area contributed by atoms with E-state index in [-0.39, 0.29) is 27.9 Å². The van der Waals surface area contributed by atoms with E-state index in [1.165, 1.54) is 43.7 Å². The molecule has 0 spiro atoms. The highest BCUT2D eigenvalue weighted by molar-refractivity contribution is 7.89. The average Bonchev–Trinajstić information content (AvgIpc) is 3.43. The molecule has 4 heterocycles. The van der Waals surface area contributed by atoms with E-state index in [1.807, 2.05) is 66.7 Å². The summed E-state index contributed by atoms with van der Waals surface area (Å²) < 4.78 is 61.8. The lowest BCUT2D eigenvalue weighted by Crippen LogP contribution is -2.56. The summed E-state index contributed by atoms with van der Waals surface area (Å²) in [5.74, 6) is 0.286. The first-order valence-corrected chi connectivity index (χ1v) is 26.3. The molecule has 1 aliphatic heterocycles. The van der Waals surface area contributed by atoms with Crippen LogP contribution in [-0.2, 0) is 31.4 Å². The number of carbonyl (C=O) groups is 2. The number of hydrogen-bond acceptors (Lipinski definition) is 14. The van der Waals surface area contributed by atoms with E-state index in [4.69, 9.17) is 9.92 Å². The van der Waals surface area contributed by atoms with E-state index in [0.29, 0.717) is 76.3 Å². The number of fused-ring (bicyclic) bond motifs is 2. The third-order valence-electron chi connectivity index (χ3n) is 12.3. The molecule has 0 saturated carbocycles. The summed E-state index contributed by atoms with van der Waals surface area (Å²) in [5, 5.41) is 8.52. The van der Waals surface area contributed by atoms with Crippen LogP contribution in [0, 0.1) is 0 Å². The van der Waals surface area contributed by atoms with Crippen LogP contribution >= 0.6 is 0 Å². The maximum absolute atomic E-state index is 14.3. The Bertz CT molecular complexity index is 3650. The van der Waals surface area contributed by atoms with Crippen molar-refractivity contribution in [1.82, 2.24) is 29.1 Å². The summed E-state index contributed by atoms with van der Waals surface area (Å²) in [4.78, 5) is 46.5. The zero-order valence-corrected chi connectivity index (χ0v) is 41.6. The van der Waals surface area contributed by atoms with E-state index < -0.39 is 32.1 Å². The molecule has 1 fully saturated rings. The number of rotatable bonds is 15. The van der Waals surface area contributed by atoms with Gasteiger partial charge in [0.2, 0.25) is 21.9 Å². The second kappa shape index (κ2) is 22.3. The summed E-state index contributed by atoms with van der Waals surface area (Å²) in [6, 6.07) is 46.6. The molecule has 0 unspecified atom stereocenters. The number of hydrogen-bond donors (Lipinski definition) is 3. The fourth-order valence-corrected chi connectivity index (χ4v) is 11.2. The van der Waals surface area contributed by atoms with Gasteiger partial charge in [0.05, 0.1) is 16.1 Å². The van der Waals surface area contributed by atoms with Gasteiger partial charge < -0.3 is 30.4 Å². The normalized spacial score (nSPS) is 13.2. The van der Waals surface area contributed by atoms with Crippen molar-refractivity contribution < 1.29 is 30.6 Å². The Morgan fingerprint density at radius 1 is 0.662 bits per heavy atom. The third kappa shape index (κ3) is 11.6. The van der Waals surface area contributed by atoms with Gasteiger partial charge in [-0.05, 0) is 90.8 Å². The Hall–Kier alpha value is -8.78. The molecule has 0 bridgehead atoms. The van der Waals surface area contributed by atoms with Crippen molar-refractivity contribution >= 4 is 82.3 Å². The van der Waals surface area contributed by atoms with Crippen LogP contribution in [0.15, 0.2) is 205 Å². The van der Waals surface area contributed by atoms with Gasteiger partial charge in [0, 0.05) is 97.1 Å². The standard InChI is InChI=1S/C38H35N5O6S2.C17H15N5O/c1-41(50(45,46)36-11-5-7-29-26-39-19-17-33(29)36)35(38(44)43-23-21-42(22-24-43)31-9-3-2-4-10-31)25-28-13-15-32(16-14-28)49-51(47,48)37-12-6-8-30-27-40-20-18-34(30)37;18-16(23)13-8-4-5-9-14(13)21-15-10-11-19-17(22-15)20-12-6-2-1-3-7-12/h2-20,26-27,35H,21-25H2,1H3;1-11H,(H2,18,23)(H2,19,20,21,22)/t35-;/m0./s1. The predicted octanol–water partition coefficient (Wildman–Crippen LogP) is 8.19. The molecule has 6 aromatic carbocycles. The van der Waals surface area contributed by atoms with Gasteiger partial charge in [0.1, 0.15) is 22.5 Å². The van der Waals surface area contributed by atoms with Crippen molar-refractivity contribution in [3.63, 3.8) is 0 Å². The quantitative estimate of drug-likeness (QED) is 0.0824. The van der Waals surface area contributed by atoms with Crippen LogP contribution < -0.4 is 25.5 Å². The number of aromatic nitrogens is 4. The molecular formula is C55H50N10O7S2. The second-order valence-corrected chi connectivity index (χ2v) is 20.5. The first-order chi connectivity index (χ1) is 35.8. The molecule has 9 aromatic rings. The number of carbonyl (C=O) groups excluding carboxylic acids is 2. The lowest BCUT2D eigenvalue weighted by atomic mass is 10.0. The van der Waals surface area contributed by atoms with E-state index in [1.54, 1.807) is 96.3 Å². The number of likely N-dealkylation sites (N-methyl/N-ethyl adjacent to an activating group) is 1. The summed E-state index contributed by atoms with van der Waals surface area (Å²) in [6.45, 7) is 2.05. The van der Waals surface area contributed by atoms with Gasteiger partial charge >= 0.3 is 10.1 Å². The van der Waals surface area contributed by atoms with Crippen LogP contribution in [0.5, 0.6) is 5.75 Å². The largest absolute Gasteiger partial charge is 0.379 e. The van der Waals surface area contributed by atoms with Crippen LogP contribution in [0.1, 0.15) is 15.9 Å². The van der Waals surface area contributed by atoms with Crippen molar-refractivity contribution in [2.45, 2.75) is 22.3 Å².